The van der Waals surface area contributed by atoms with E-state index in [-0.39, 0.29) is 24.2 Å². The number of nitrogens with zero attached hydrogens (tertiary/aromatic N) is 2. The van der Waals surface area contributed by atoms with Crippen molar-refractivity contribution in [2.75, 3.05) is 24.2 Å². The topological polar surface area (TPSA) is 96.0 Å². The maximum atomic E-state index is 13.6. The van der Waals surface area contributed by atoms with Gasteiger partial charge in [-0.15, -0.1) is 0 Å². The van der Waals surface area contributed by atoms with Crippen LogP contribution in [0.1, 0.15) is 44.6 Å². The summed E-state index contributed by atoms with van der Waals surface area (Å²) in [6.45, 7) is 1.31. The lowest BCUT2D eigenvalue weighted by molar-refractivity contribution is -0.139. The van der Waals surface area contributed by atoms with Crippen LogP contribution in [0.5, 0.6) is 5.75 Å². The second-order valence-corrected chi connectivity index (χ2v) is 11.5. The minimum absolute atomic E-state index is 0.0847. The van der Waals surface area contributed by atoms with Gasteiger partial charge in [0.1, 0.15) is 18.3 Å². The Balaban J connectivity index is 1.88. The number of amides is 2. The number of ether oxygens (including phenoxy) is 1. The number of methoxy groups -OCH3 is 1. The number of hydrogen-bond donors (Lipinski definition) is 1. The summed E-state index contributed by atoms with van der Waals surface area (Å²) in [5.41, 5.74) is 1.03. The fourth-order valence-corrected chi connectivity index (χ4v) is 5.39. The molecule has 3 rings (SSSR count). The summed E-state index contributed by atoms with van der Waals surface area (Å²) in [6, 6.07) is 12.8. The molecule has 2 aromatic carbocycles. The Morgan fingerprint density at radius 2 is 1.81 bits per heavy atom. The monoisotopic (exact) mass is 535 g/mol. The summed E-state index contributed by atoms with van der Waals surface area (Å²) in [7, 11) is -2.26. The van der Waals surface area contributed by atoms with Crippen molar-refractivity contribution in [1.29, 1.82) is 0 Å². The number of halogens is 1. The zero-order valence-electron chi connectivity index (χ0n) is 20.9. The molecule has 2 aromatic rings. The van der Waals surface area contributed by atoms with E-state index < -0.39 is 28.5 Å². The molecule has 1 aliphatic carbocycles. The van der Waals surface area contributed by atoms with E-state index in [0.717, 1.165) is 48.2 Å². The Labute approximate surface area is 218 Å². The minimum Gasteiger partial charge on any atom is -0.497 e. The fourth-order valence-electron chi connectivity index (χ4n) is 4.36. The number of anilines is 1. The van der Waals surface area contributed by atoms with E-state index >= 15 is 0 Å². The molecule has 1 aliphatic rings. The lowest BCUT2D eigenvalue weighted by atomic mass is 9.95. The second kappa shape index (κ2) is 12.5. The zero-order chi connectivity index (χ0) is 26.3. The molecule has 0 aromatic heterocycles. The molecule has 196 valence electrons. The summed E-state index contributed by atoms with van der Waals surface area (Å²) in [5, 5.41) is 3.43. The largest absolute Gasteiger partial charge is 0.497 e. The van der Waals surface area contributed by atoms with Crippen LogP contribution in [-0.4, -0.2) is 57.1 Å². The van der Waals surface area contributed by atoms with Crippen molar-refractivity contribution in [2.24, 2.45) is 0 Å². The van der Waals surface area contributed by atoms with E-state index in [9.17, 15) is 18.0 Å². The van der Waals surface area contributed by atoms with Crippen LogP contribution in [-0.2, 0) is 26.2 Å². The van der Waals surface area contributed by atoms with Crippen molar-refractivity contribution in [2.45, 2.75) is 57.7 Å². The molecule has 0 saturated heterocycles. The summed E-state index contributed by atoms with van der Waals surface area (Å²) in [6.07, 6.45) is 6.15. The zero-order valence-corrected chi connectivity index (χ0v) is 22.5. The highest BCUT2D eigenvalue weighted by molar-refractivity contribution is 7.92. The Morgan fingerprint density at radius 3 is 2.44 bits per heavy atom. The van der Waals surface area contributed by atoms with Crippen molar-refractivity contribution >= 4 is 39.1 Å². The quantitative estimate of drug-likeness (QED) is 0.496. The highest BCUT2D eigenvalue weighted by atomic mass is 35.5. The second-order valence-electron chi connectivity index (χ2n) is 9.14. The first-order valence-electron chi connectivity index (χ1n) is 12.0. The van der Waals surface area contributed by atoms with Crippen molar-refractivity contribution in [3.63, 3.8) is 0 Å². The molecule has 10 heteroatoms. The summed E-state index contributed by atoms with van der Waals surface area (Å²) < 4.78 is 31.6. The predicted octanol–water partition coefficient (Wildman–Crippen LogP) is 3.98. The van der Waals surface area contributed by atoms with Gasteiger partial charge in [0, 0.05) is 17.6 Å². The van der Waals surface area contributed by atoms with E-state index in [4.69, 9.17) is 16.3 Å². The predicted molar refractivity (Wildman–Crippen MR) is 142 cm³/mol. The van der Waals surface area contributed by atoms with Gasteiger partial charge in [0.15, 0.2) is 0 Å². The number of benzene rings is 2. The third-order valence-electron chi connectivity index (χ3n) is 6.38. The molecule has 0 heterocycles. The Kier molecular flexibility index (Phi) is 9.62. The van der Waals surface area contributed by atoms with Crippen LogP contribution >= 0.6 is 11.6 Å². The minimum atomic E-state index is -3.81. The first-order chi connectivity index (χ1) is 17.1. The maximum absolute atomic E-state index is 13.6. The van der Waals surface area contributed by atoms with E-state index in [1.807, 2.05) is 6.07 Å². The van der Waals surface area contributed by atoms with Gasteiger partial charge in [-0.05, 0) is 55.7 Å². The normalized spacial score (nSPS) is 15.1. The molecular formula is C26H34ClN3O5S. The third kappa shape index (κ3) is 7.61. The lowest BCUT2D eigenvalue weighted by Gasteiger charge is -2.33. The van der Waals surface area contributed by atoms with Crippen molar-refractivity contribution in [3.05, 3.63) is 59.1 Å². The van der Waals surface area contributed by atoms with Crippen molar-refractivity contribution in [3.8, 4) is 5.75 Å². The molecule has 0 radical (unpaired) electrons. The van der Waals surface area contributed by atoms with Crippen LogP contribution < -0.4 is 14.4 Å². The van der Waals surface area contributed by atoms with Crippen LogP contribution in [0.2, 0.25) is 5.02 Å². The van der Waals surface area contributed by atoms with Gasteiger partial charge < -0.3 is 15.0 Å². The first-order valence-corrected chi connectivity index (χ1v) is 14.3. The van der Waals surface area contributed by atoms with E-state index in [2.05, 4.69) is 5.32 Å². The van der Waals surface area contributed by atoms with Gasteiger partial charge in [0.2, 0.25) is 21.8 Å². The number of sulfonamides is 1. The SMILES string of the molecule is COc1cccc(CN(C(=O)CN(c2cccc(Cl)c2)S(C)(=O)=O)[C@@H](C)C(=O)NC2CCCCC2)c1. The Bertz CT molecular complexity index is 1170. The Hall–Kier alpha value is -2.78. The molecule has 1 N–H and O–H groups in total. The van der Waals surface area contributed by atoms with Crippen molar-refractivity contribution < 1.29 is 22.7 Å². The van der Waals surface area contributed by atoms with Crippen LogP contribution in [0, 0.1) is 0 Å². The maximum Gasteiger partial charge on any atom is 0.244 e. The first kappa shape index (κ1) is 27.8. The molecule has 36 heavy (non-hydrogen) atoms. The number of carbonyl (C=O) groups is 2. The molecule has 0 unspecified atom stereocenters. The van der Waals surface area contributed by atoms with Gasteiger partial charge in [0.05, 0.1) is 19.1 Å². The standard InChI is InChI=1S/C26H34ClN3O5S/c1-19(26(32)28-22-11-5-4-6-12-22)29(17-20-9-7-14-24(15-20)35-2)25(31)18-30(36(3,33)34)23-13-8-10-21(27)16-23/h7-10,13-16,19,22H,4-6,11-12,17-18H2,1-3H3,(H,28,32)/t19-/m0/s1. The van der Waals surface area contributed by atoms with Gasteiger partial charge in [-0.2, -0.15) is 0 Å². The molecule has 8 nitrogen and oxygen atoms in total. The van der Waals surface area contributed by atoms with Gasteiger partial charge in [0.25, 0.3) is 0 Å². The summed E-state index contributed by atoms with van der Waals surface area (Å²) in [5.74, 6) is -0.141. The smallest absolute Gasteiger partial charge is 0.244 e. The highest BCUT2D eigenvalue weighted by Crippen LogP contribution is 2.23. The van der Waals surface area contributed by atoms with Gasteiger partial charge in [-0.1, -0.05) is 49.1 Å². The molecule has 0 aliphatic heterocycles. The number of rotatable bonds is 10. The molecule has 1 fully saturated rings. The Morgan fingerprint density at radius 1 is 1.11 bits per heavy atom. The summed E-state index contributed by atoms with van der Waals surface area (Å²) in [4.78, 5) is 28.2. The molecule has 1 atom stereocenters. The van der Waals surface area contributed by atoms with Crippen LogP contribution in [0.4, 0.5) is 5.69 Å². The molecular weight excluding hydrogens is 502 g/mol. The number of nitrogens with one attached hydrogen (secondary N) is 1. The average Bonchev–Trinajstić information content (AvgIpc) is 2.85. The van der Waals surface area contributed by atoms with Crippen LogP contribution in [0.25, 0.3) is 0 Å². The molecule has 2 amide bonds. The van der Waals surface area contributed by atoms with E-state index in [0.29, 0.717) is 10.8 Å². The highest BCUT2D eigenvalue weighted by Gasteiger charge is 2.31. The molecule has 0 bridgehead atoms. The summed E-state index contributed by atoms with van der Waals surface area (Å²) >= 11 is 6.08. The van der Waals surface area contributed by atoms with E-state index in [1.54, 1.807) is 50.4 Å². The average molecular weight is 536 g/mol. The van der Waals surface area contributed by atoms with Gasteiger partial charge in [-0.25, -0.2) is 8.42 Å². The number of hydrogen-bond acceptors (Lipinski definition) is 5. The lowest BCUT2D eigenvalue weighted by Crippen LogP contribution is -2.52. The van der Waals surface area contributed by atoms with Crippen molar-refractivity contribution in [1.82, 2.24) is 10.2 Å². The molecule has 1 saturated carbocycles. The van der Waals surface area contributed by atoms with E-state index in [1.165, 1.54) is 11.0 Å². The fraction of sp³-hybridized carbons (Fsp3) is 0.462. The third-order valence-corrected chi connectivity index (χ3v) is 7.76. The van der Waals surface area contributed by atoms with Gasteiger partial charge in [-0.3, -0.25) is 13.9 Å². The van der Waals surface area contributed by atoms with Crippen LogP contribution in [0.3, 0.4) is 0 Å². The van der Waals surface area contributed by atoms with Gasteiger partial charge >= 0.3 is 0 Å². The molecule has 0 spiro atoms. The number of carbonyl (C=O) groups excluding carboxylic acids is 2. The van der Waals surface area contributed by atoms with Crippen LogP contribution in [0.15, 0.2) is 48.5 Å².